The molecule has 0 bridgehead atoms. The standard InChI is InChI=1S/C11H11NO5S2/c1-12(18(13)14)11-4-2-3-8-5-6-9(7-10(8)11)19(15,16)17/h2-7H,1H3,(H,13,14)(H,15,16,17). The lowest BCUT2D eigenvalue weighted by Crippen LogP contribution is -2.19. The van der Waals surface area contributed by atoms with E-state index in [9.17, 15) is 12.6 Å². The van der Waals surface area contributed by atoms with Gasteiger partial charge in [-0.3, -0.25) is 13.4 Å². The second-order valence-electron chi connectivity index (χ2n) is 3.86. The van der Waals surface area contributed by atoms with Gasteiger partial charge in [-0.05, 0) is 23.6 Å². The number of hydrogen-bond donors (Lipinski definition) is 2. The molecule has 0 fully saturated rings. The fourth-order valence-corrected chi connectivity index (χ4v) is 2.59. The van der Waals surface area contributed by atoms with Crippen molar-refractivity contribution in [2.24, 2.45) is 0 Å². The van der Waals surface area contributed by atoms with Crippen LogP contribution in [-0.4, -0.2) is 28.8 Å². The van der Waals surface area contributed by atoms with Gasteiger partial charge in [0, 0.05) is 12.4 Å². The predicted molar refractivity (Wildman–Crippen MR) is 72.9 cm³/mol. The summed E-state index contributed by atoms with van der Waals surface area (Å²) in [6.45, 7) is 0. The van der Waals surface area contributed by atoms with Gasteiger partial charge in [0.15, 0.2) is 0 Å². The average Bonchev–Trinajstić information content (AvgIpc) is 2.35. The maximum Gasteiger partial charge on any atom is 0.294 e. The lowest BCUT2D eigenvalue weighted by molar-refractivity contribution is 0.483. The zero-order valence-corrected chi connectivity index (χ0v) is 11.5. The second-order valence-corrected chi connectivity index (χ2v) is 6.29. The lowest BCUT2D eigenvalue weighted by Gasteiger charge is -2.16. The van der Waals surface area contributed by atoms with E-state index in [0.29, 0.717) is 16.5 Å². The number of rotatable bonds is 3. The summed E-state index contributed by atoms with van der Waals surface area (Å²) in [7, 11) is -2.91. The highest BCUT2D eigenvalue weighted by Gasteiger charge is 2.14. The van der Waals surface area contributed by atoms with Crippen molar-refractivity contribution in [3.05, 3.63) is 36.4 Å². The van der Waals surface area contributed by atoms with E-state index in [1.165, 1.54) is 25.2 Å². The largest absolute Gasteiger partial charge is 0.294 e. The summed E-state index contributed by atoms with van der Waals surface area (Å²) in [4.78, 5) is -0.260. The van der Waals surface area contributed by atoms with Crippen LogP contribution in [0.25, 0.3) is 10.8 Å². The molecule has 2 aromatic rings. The van der Waals surface area contributed by atoms with E-state index in [0.717, 1.165) is 4.31 Å². The van der Waals surface area contributed by atoms with Crippen molar-refractivity contribution in [1.82, 2.24) is 0 Å². The van der Waals surface area contributed by atoms with Crippen LogP contribution in [0.15, 0.2) is 41.3 Å². The van der Waals surface area contributed by atoms with Crippen LogP contribution < -0.4 is 4.31 Å². The van der Waals surface area contributed by atoms with Gasteiger partial charge in [0.2, 0.25) is 0 Å². The summed E-state index contributed by atoms with van der Waals surface area (Å²) in [5.74, 6) is 0. The fourth-order valence-electron chi connectivity index (χ4n) is 1.75. The monoisotopic (exact) mass is 301 g/mol. The zero-order valence-electron chi connectivity index (χ0n) is 9.85. The molecule has 6 nitrogen and oxygen atoms in total. The van der Waals surface area contributed by atoms with Crippen LogP contribution in [0.2, 0.25) is 0 Å². The first kappa shape index (κ1) is 13.9. The Labute approximate surface area is 112 Å². The fraction of sp³-hybridized carbons (Fsp3) is 0.0909. The molecule has 2 N–H and O–H groups in total. The topological polar surface area (TPSA) is 94.9 Å². The Bertz CT molecular complexity index is 757. The Balaban J connectivity index is 2.75. The lowest BCUT2D eigenvalue weighted by atomic mass is 10.1. The number of nitrogens with zero attached hydrogens (tertiary/aromatic N) is 1. The molecule has 0 saturated carbocycles. The molecule has 0 aliphatic heterocycles. The molecule has 2 rings (SSSR count). The van der Waals surface area contributed by atoms with Gasteiger partial charge in [-0.1, -0.05) is 18.2 Å². The van der Waals surface area contributed by atoms with Crippen molar-refractivity contribution >= 4 is 37.8 Å². The van der Waals surface area contributed by atoms with Gasteiger partial charge in [-0.2, -0.15) is 8.42 Å². The first-order chi connectivity index (χ1) is 8.80. The normalized spacial score (nSPS) is 13.4. The third kappa shape index (κ3) is 2.76. The van der Waals surface area contributed by atoms with E-state index >= 15 is 0 Å². The molecule has 19 heavy (non-hydrogen) atoms. The third-order valence-corrected chi connectivity index (χ3v) is 4.22. The van der Waals surface area contributed by atoms with Crippen LogP contribution in [0.5, 0.6) is 0 Å². The van der Waals surface area contributed by atoms with Gasteiger partial charge >= 0.3 is 0 Å². The van der Waals surface area contributed by atoms with Gasteiger partial charge in [0.05, 0.1) is 10.6 Å². The van der Waals surface area contributed by atoms with E-state index < -0.39 is 21.4 Å². The smallest absolute Gasteiger partial charge is 0.289 e. The maximum atomic E-state index is 11.1. The quantitative estimate of drug-likeness (QED) is 0.664. The highest BCUT2D eigenvalue weighted by atomic mass is 32.2. The van der Waals surface area contributed by atoms with E-state index in [1.807, 2.05) is 0 Å². The molecular weight excluding hydrogens is 290 g/mol. The van der Waals surface area contributed by atoms with Gasteiger partial charge < -0.3 is 0 Å². The summed E-state index contributed by atoms with van der Waals surface area (Å²) >= 11 is -2.22. The molecule has 102 valence electrons. The van der Waals surface area contributed by atoms with Crippen LogP contribution >= 0.6 is 0 Å². The van der Waals surface area contributed by atoms with E-state index in [1.54, 1.807) is 18.2 Å². The van der Waals surface area contributed by atoms with Crippen LogP contribution in [0.3, 0.4) is 0 Å². The van der Waals surface area contributed by atoms with Crippen LogP contribution in [-0.2, 0) is 21.4 Å². The van der Waals surface area contributed by atoms with Crippen LogP contribution in [0.4, 0.5) is 5.69 Å². The maximum absolute atomic E-state index is 11.1. The van der Waals surface area contributed by atoms with Crippen LogP contribution in [0.1, 0.15) is 0 Å². The second kappa shape index (κ2) is 4.89. The SMILES string of the molecule is CN(c1cccc2ccc(S(=O)(=O)O)cc12)S(=O)O. The highest BCUT2D eigenvalue weighted by molar-refractivity contribution is 7.85. The van der Waals surface area contributed by atoms with Gasteiger partial charge in [-0.25, -0.2) is 4.21 Å². The Kier molecular flexibility index (Phi) is 3.59. The Morgan fingerprint density at radius 3 is 2.47 bits per heavy atom. The minimum atomic E-state index is -4.31. The van der Waals surface area contributed by atoms with Crippen molar-refractivity contribution in [2.75, 3.05) is 11.4 Å². The number of benzene rings is 2. The summed E-state index contributed by atoms with van der Waals surface area (Å²) in [5.41, 5.74) is 0.392. The molecule has 1 atom stereocenters. The summed E-state index contributed by atoms with van der Waals surface area (Å²) in [6, 6.07) is 9.08. The predicted octanol–water partition coefficient (Wildman–Crippen LogP) is 1.66. The van der Waals surface area contributed by atoms with Crippen LogP contribution in [0, 0.1) is 0 Å². The zero-order chi connectivity index (χ0) is 14.2. The van der Waals surface area contributed by atoms with Crippen molar-refractivity contribution < 1.29 is 21.7 Å². The first-order valence-electron chi connectivity index (χ1n) is 5.15. The summed E-state index contributed by atoms with van der Waals surface area (Å²) in [6.07, 6.45) is 0. The van der Waals surface area contributed by atoms with E-state index in [4.69, 9.17) is 9.11 Å². The summed E-state index contributed by atoms with van der Waals surface area (Å²) < 4.78 is 52.6. The van der Waals surface area contributed by atoms with E-state index in [2.05, 4.69) is 0 Å². The van der Waals surface area contributed by atoms with Crippen molar-refractivity contribution in [1.29, 1.82) is 0 Å². The number of fused-ring (bicyclic) bond motifs is 1. The first-order valence-corrected chi connectivity index (χ1v) is 7.66. The van der Waals surface area contributed by atoms with Gasteiger partial charge in [0.1, 0.15) is 0 Å². The number of anilines is 1. The molecule has 0 heterocycles. The van der Waals surface area contributed by atoms with Gasteiger partial charge in [0.25, 0.3) is 21.4 Å². The molecular formula is C11H11NO5S2. The molecule has 0 aliphatic rings. The molecule has 0 aromatic heterocycles. The summed E-state index contributed by atoms with van der Waals surface area (Å²) in [5, 5.41) is 1.16. The molecule has 0 radical (unpaired) electrons. The highest BCUT2D eigenvalue weighted by Crippen LogP contribution is 2.28. The molecule has 2 aromatic carbocycles. The molecule has 0 spiro atoms. The van der Waals surface area contributed by atoms with Crippen molar-refractivity contribution in [3.63, 3.8) is 0 Å². The molecule has 0 amide bonds. The van der Waals surface area contributed by atoms with Crippen molar-refractivity contribution in [2.45, 2.75) is 4.90 Å². The molecule has 8 heteroatoms. The number of hydrogen-bond acceptors (Lipinski definition) is 3. The van der Waals surface area contributed by atoms with Gasteiger partial charge in [-0.15, -0.1) is 0 Å². The minimum Gasteiger partial charge on any atom is -0.289 e. The Hall–Kier alpha value is -1.48. The average molecular weight is 301 g/mol. The Morgan fingerprint density at radius 1 is 1.21 bits per heavy atom. The minimum absolute atomic E-state index is 0.260. The Morgan fingerprint density at radius 2 is 1.89 bits per heavy atom. The van der Waals surface area contributed by atoms with E-state index in [-0.39, 0.29) is 4.90 Å². The molecule has 0 saturated heterocycles. The molecule has 1 unspecified atom stereocenters. The third-order valence-electron chi connectivity index (χ3n) is 2.70. The molecule has 0 aliphatic carbocycles. The van der Waals surface area contributed by atoms with Crippen molar-refractivity contribution in [3.8, 4) is 0 Å².